The first-order valence-electron chi connectivity index (χ1n) is 8.23. The van der Waals surface area contributed by atoms with Crippen molar-refractivity contribution in [1.82, 2.24) is 9.38 Å². The van der Waals surface area contributed by atoms with Gasteiger partial charge in [-0.1, -0.05) is 30.0 Å². The number of aryl methyl sites for hydroxylation is 1. The van der Waals surface area contributed by atoms with Gasteiger partial charge in [-0.3, -0.25) is 9.20 Å². The minimum atomic E-state index is -0.0746. The molecule has 3 aromatic rings. The van der Waals surface area contributed by atoms with Gasteiger partial charge in [0.25, 0.3) is 5.91 Å². The minimum absolute atomic E-state index is 0.0746. The summed E-state index contributed by atoms with van der Waals surface area (Å²) in [5.41, 5.74) is 3.35. The standard InChI is InChI=1S/C19H19N3O2S/c1-24-15-10-5-7-13-8-6-12-22(17(13)15)18(23)16-14-9-3-4-11-21(14)19(20-16)25-2/h3-5,7,9-11H,6,8,12H2,1-2H3. The smallest absolute Gasteiger partial charge is 0.279 e. The van der Waals surface area contributed by atoms with Gasteiger partial charge in [-0.05, 0) is 42.9 Å². The monoisotopic (exact) mass is 353 g/mol. The first-order chi connectivity index (χ1) is 12.2. The Morgan fingerprint density at radius 3 is 2.92 bits per heavy atom. The first-order valence-corrected chi connectivity index (χ1v) is 9.46. The van der Waals surface area contributed by atoms with Gasteiger partial charge in [-0.2, -0.15) is 0 Å². The van der Waals surface area contributed by atoms with Crippen LogP contribution in [0.3, 0.4) is 0 Å². The molecule has 2 aromatic heterocycles. The average molecular weight is 353 g/mol. The summed E-state index contributed by atoms with van der Waals surface area (Å²) < 4.78 is 7.48. The topological polar surface area (TPSA) is 46.8 Å². The van der Waals surface area contributed by atoms with Crippen LogP contribution in [0.15, 0.2) is 47.8 Å². The van der Waals surface area contributed by atoms with Crippen LogP contribution in [0.4, 0.5) is 5.69 Å². The fourth-order valence-electron chi connectivity index (χ4n) is 3.42. The average Bonchev–Trinajstić information content (AvgIpc) is 3.05. The highest BCUT2D eigenvalue weighted by molar-refractivity contribution is 7.98. The number of amides is 1. The van der Waals surface area contributed by atoms with E-state index in [0.29, 0.717) is 12.2 Å². The number of carbonyl (C=O) groups excluding carboxylic acids is 1. The Morgan fingerprint density at radius 2 is 2.12 bits per heavy atom. The largest absolute Gasteiger partial charge is 0.495 e. The maximum absolute atomic E-state index is 13.4. The third-order valence-electron chi connectivity index (χ3n) is 4.55. The lowest BCUT2D eigenvalue weighted by atomic mass is 10.0. The zero-order valence-corrected chi connectivity index (χ0v) is 15.0. The first kappa shape index (κ1) is 16.0. The van der Waals surface area contributed by atoms with Gasteiger partial charge in [0.2, 0.25) is 0 Å². The predicted molar refractivity (Wildman–Crippen MR) is 100.0 cm³/mol. The Bertz CT molecular complexity index is 937. The van der Waals surface area contributed by atoms with E-state index in [2.05, 4.69) is 11.1 Å². The van der Waals surface area contributed by atoms with E-state index in [0.717, 1.165) is 40.5 Å². The molecule has 0 spiro atoms. The van der Waals surface area contributed by atoms with Crippen molar-refractivity contribution in [2.45, 2.75) is 18.0 Å². The fourth-order valence-corrected chi connectivity index (χ4v) is 3.96. The van der Waals surface area contributed by atoms with Crippen LogP contribution in [0.5, 0.6) is 5.75 Å². The second-order valence-corrected chi connectivity index (χ2v) is 6.70. The number of fused-ring (bicyclic) bond motifs is 2. The van der Waals surface area contributed by atoms with E-state index in [1.54, 1.807) is 7.11 Å². The van der Waals surface area contributed by atoms with Crippen LogP contribution in [0, 0.1) is 0 Å². The number of pyridine rings is 1. The Labute approximate surface area is 150 Å². The molecule has 0 bridgehead atoms. The number of hydrogen-bond donors (Lipinski definition) is 0. The van der Waals surface area contributed by atoms with Gasteiger partial charge in [0, 0.05) is 12.7 Å². The predicted octanol–water partition coefficient (Wildman–Crippen LogP) is 3.66. The van der Waals surface area contributed by atoms with Gasteiger partial charge < -0.3 is 9.64 Å². The Kier molecular flexibility index (Phi) is 4.13. The van der Waals surface area contributed by atoms with Crippen molar-refractivity contribution in [1.29, 1.82) is 0 Å². The van der Waals surface area contributed by atoms with Gasteiger partial charge in [0.1, 0.15) is 5.75 Å². The van der Waals surface area contributed by atoms with Crippen molar-refractivity contribution < 1.29 is 9.53 Å². The molecular weight excluding hydrogens is 334 g/mol. The van der Waals surface area contributed by atoms with E-state index in [-0.39, 0.29) is 5.91 Å². The molecule has 0 unspecified atom stereocenters. The molecule has 0 N–H and O–H groups in total. The Balaban J connectivity index is 1.84. The third kappa shape index (κ3) is 2.57. The van der Waals surface area contributed by atoms with Gasteiger partial charge in [-0.25, -0.2) is 4.98 Å². The Morgan fingerprint density at radius 1 is 1.24 bits per heavy atom. The van der Waals surface area contributed by atoms with Crippen LogP contribution in [0.2, 0.25) is 0 Å². The highest BCUT2D eigenvalue weighted by Gasteiger charge is 2.29. The number of methoxy groups -OCH3 is 1. The molecular formula is C19H19N3O2S. The second kappa shape index (κ2) is 6.44. The van der Waals surface area contributed by atoms with Crippen molar-refractivity contribution >= 4 is 28.9 Å². The number of benzene rings is 1. The van der Waals surface area contributed by atoms with Gasteiger partial charge in [0.15, 0.2) is 10.9 Å². The summed E-state index contributed by atoms with van der Waals surface area (Å²) in [6.45, 7) is 0.673. The maximum Gasteiger partial charge on any atom is 0.279 e. The molecule has 5 nitrogen and oxygen atoms in total. The number of imidazole rings is 1. The highest BCUT2D eigenvalue weighted by Crippen LogP contribution is 2.37. The summed E-state index contributed by atoms with van der Waals surface area (Å²) in [6.07, 6.45) is 5.80. The number of hydrogen-bond acceptors (Lipinski definition) is 4. The van der Waals surface area contributed by atoms with Crippen LogP contribution < -0.4 is 9.64 Å². The van der Waals surface area contributed by atoms with Crippen LogP contribution in [-0.2, 0) is 6.42 Å². The lowest BCUT2D eigenvalue weighted by molar-refractivity contribution is 0.0981. The van der Waals surface area contributed by atoms with Crippen LogP contribution in [0.25, 0.3) is 5.52 Å². The molecule has 1 aliphatic rings. The van der Waals surface area contributed by atoms with Crippen molar-refractivity contribution in [2.24, 2.45) is 0 Å². The van der Waals surface area contributed by atoms with E-state index in [9.17, 15) is 4.79 Å². The lowest BCUT2D eigenvalue weighted by Crippen LogP contribution is -2.36. The summed E-state index contributed by atoms with van der Waals surface area (Å²) in [5.74, 6) is 0.661. The van der Waals surface area contributed by atoms with E-state index in [4.69, 9.17) is 4.74 Å². The Hall–Kier alpha value is -2.47. The summed E-state index contributed by atoms with van der Waals surface area (Å²) in [5, 5.41) is 0.816. The number of aromatic nitrogens is 2. The van der Waals surface area contributed by atoms with Gasteiger partial charge in [-0.15, -0.1) is 0 Å². The number of thioether (sulfide) groups is 1. The number of ether oxygens (including phenoxy) is 1. The molecule has 0 atom stereocenters. The van der Waals surface area contributed by atoms with Crippen molar-refractivity contribution in [3.05, 3.63) is 53.9 Å². The van der Waals surface area contributed by atoms with Crippen molar-refractivity contribution in [3.8, 4) is 5.75 Å². The molecule has 3 heterocycles. The third-order valence-corrected chi connectivity index (χ3v) is 5.20. The number of nitrogens with zero attached hydrogens (tertiary/aromatic N) is 3. The second-order valence-electron chi connectivity index (χ2n) is 5.93. The molecule has 0 radical (unpaired) electrons. The van der Waals surface area contributed by atoms with Gasteiger partial charge >= 0.3 is 0 Å². The molecule has 0 fully saturated rings. The van der Waals surface area contributed by atoms with Crippen LogP contribution >= 0.6 is 11.8 Å². The molecule has 0 saturated carbocycles. The van der Waals surface area contributed by atoms with E-state index in [1.165, 1.54) is 11.8 Å². The normalized spacial score (nSPS) is 13.8. The van der Waals surface area contributed by atoms with Gasteiger partial charge in [0.05, 0.1) is 18.3 Å². The maximum atomic E-state index is 13.4. The molecule has 0 aliphatic carbocycles. The fraction of sp³-hybridized carbons (Fsp3) is 0.263. The van der Waals surface area contributed by atoms with Crippen molar-refractivity contribution in [3.63, 3.8) is 0 Å². The molecule has 1 aromatic carbocycles. The molecule has 128 valence electrons. The van der Waals surface area contributed by atoms with E-state index in [1.807, 2.05) is 52.1 Å². The summed E-state index contributed by atoms with van der Waals surface area (Å²) in [4.78, 5) is 19.8. The highest BCUT2D eigenvalue weighted by atomic mass is 32.2. The summed E-state index contributed by atoms with van der Waals surface area (Å²) >= 11 is 1.53. The van der Waals surface area contributed by atoms with E-state index >= 15 is 0 Å². The molecule has 1 aliphatic heterocycles. The number of para-hydroxylation sites is 1. The minimum Gasteiger partial charge on any atom is -0.495 e. The van der Waals surface area contributed by atoms with Crippen molar-refractivity contribution in [2.75, 3.05) is 24.8 Å². The van der Waals surface area contributed by atoms with E-state index < -0.39 is 0 Å². The zero-order chi connectivity index (χ0) is 17.4. The number of carbonyl (C=O) groups is 1. The summed E-state index contributed by atoms with van der Waals surface area (Å²) in [6, 6.07) is 11.8. The quantitative estimate of drug-likeness (QED) is 0.674. The molecule has 0 saturated heterocycles. The SMILES string of the molecule is COc1cccc2c1N(C(=O)c1nc(SC)n3ccccc13)CCC2. The van der Waals surface area contributed by atoms with Crippen LogP contribution in [-0.4, -0.2) is 35.2 Å². The molecule has 25 heavy (non-hydrogen) atoms. The zero-order valence-electron chi connectivity index (χ0n) is 14.2. The number of rotatable bonds is 3. The number of anilines is 1. The summed E-state index contributed by atoms with van der Waals surface area (Å²) in [7, 11) is 1.64. The molecule has 4 rings (SSSR count). The molecule has 1 amide bonds. The molecule has 6 heteroatoms. The lowest BCUT2D eigenvalue weighted by Gasteiger charge is -2.30. The van der Waals surface area contributed by atoms with Crippen LogP contribution in [0.1, 0.15) is 22.5 Å².